The fourth-order valence-electron chi connectivity index (χ4n) is 3.79. The smallest absolute Gasteiger partial charge is 0.177 e. The molecule has 0 aromatic heterocycles. The Bertz CT molecular complexity index is 1140. The molecule has 1 N–H and O–H groups in total. The summed E-state index contributed by atoms with van der Waals surface area (Å²) in [5, 5.41) is 6.16. The molecule has 0 bridgehead atoms. The van der Waals surface area contributed by atoms with Crippen molar-refractivity contribution in [2.75, 3.05) is 0 Å². The van der Waals surface area contributed by atoms with E-state index in [-0.39, 0.29) is 12.3 Å². The molecule has 0 unspecified atom stereocenters. The minimum absolute atomic E-state index is 0.0385. The zero-order valence-electron chi connectivity index (χ0n) is 14.9. The average Bonchev–Trinajstić information content (AvgIpc) is 2.74. The summed E-state index contributed by atoms with van der Waals surface area (Å²) >= 11 is 7.06. The van der Waals surface area contributed by atoms with E-state index in [1.165, 1.54) is 21.9 Å². The average molecular weight is 495 g/mol. The Hall–Kier alpha value is -2.14. The fourth-order valence-corrected chi connectivity index (χ4v) is 4.32. The van der Waals surface area contributed by atoms with E-state index in [1.807, 2.05) is 12.1 Å². The molecule has 0 spiro atoms. The molecule has 1 heterocycles. The van der Waals surface area contributed by atoms with Crippen LogP contribution in [0.1, 0.15) is 29.0 Å². The molecule has 4 heteroatoms. The minimum atomic E-state index is -0.213. The van der Waals surface area contributed by atoms with E-state index < -0.39 is 0 Å². The summed E-state index contributed by atoms with van der Waals surface area (Å²) in [6.07, 6.45) is -0.213. The molecule has 2 nitrogen and oxygen atoms in total. The molecule has 0 radical (unpaired) electrons. The number of ether oxygens (including phenoxy) is 1. The Morgan fingerprint density at radius 3 is 2.04 bits per heavy atom. The van der Waals surface area contributed by atoms with Crippen LogP contribution in [-0.4, -0.2) is 0 Å². The normalized spacial score (nSPS) is 18.5. The first-order chi connectivity index (χ1) is 13.7. The maximum atomic E-state index is 6.41. The molecule has 0 aliphatic carbocycles. The lowest BCUT2D eigenvalue weighted by Gasteiger charge is -2.35. The number of nitrogens with one attached hydrogen (secondary N) is 1. The molecule has 138 valence electrons. The highest BCUT2D eigenvalue weighted by Crippen LogP contribution is 2.42. The highest BCUT2D eigenvalue weighted by Gasteiger charge is 2.31. The Morgan fingerprint density at radius 1 is 0.679 bits per heavy atom. The van der Waals surface area contributed by atoms with Gasteiger partial charge in [-0.1, -0.05) is 86.5 Å². The fraction of sp³-hybridized carbons (Fsp3) is 0.0833. The van der Waals surface area contributed by atoms with E-state index in [4.69, 9.17) is 4.74 Å². The summed E-state index contributed by atoms with van der Waals surface area (Å²) in [6.45, 7) is 0. The van der Waals surface area contributed by atoms with Crippen LogP contribution >= 0.6 is 31.9 Å². The molecule has 1 aliphatic heterocycles. The third-order valence-corrected chi connectivity index (χ3v) is 6.22. The molecule has 28 heavy (non-hydrogen) atoms. The lowest BCUT2D eigenvalue weighted by atomic mass is 9.91. The van der Waals surface area contributed by atoms with Crippen molar-refractivity contribution >= 4 is 42.6 Å². The number of hydrogen-bond donors (Lipinski definition) is 1. The summed E-state index contributed by atoms with van der Waals surface area (Å²) in [6, 6.07) is 29.5. The van der Waals surface area contributed by atoms with E-state index >= 15 is 0 Å². The molecule has 1 aliphatic rings. The first-order valence-electron chi connectivity index (χ1n) is 9.14. The van der Waals surface area contributed by atoms with Crippen molar-refractivity contribution in [1.29, 1.82) is 0 Å². The Kier molecular flexibility index (Phi) is 4.71. The summed E-state index contributed by atoms with van der Waals surface area (Å²) < 4.78 is 8.54. The number of fused-ring (bicyclic) bond motifs is 3. The van der Waals surface area contributed by atoms with Gasteiger partial charge in [0.2, 0.25) is 0 Å². The van der Waals surface area contributed by atoms with E-state index in [9.17, 15) is 0 Å². The van der Waals surface area contributed by atoms with Crippen LogP contribution in [-0.2, 0) is 0 Å². The van der Waals surface area contributed by atoms with Gasteiger partial charge >= 0.3 is 0 Å². The van der Waals surface area contributed by atoms with Crippen molar-refractivity contribution in [3.05, 3.63) is 111 Å². The second kappa shape index (κ2) is 7.36. The summed E-state index contributed by atoms with van der Waals surface area (Å²) in [4.78, 5) is 0. The molecule has 4 aromatic rings. The van der Waals surface area contributed by atoms with Gasteiger partial charge < -0.3 is 4.74 Å². The Morgan fingerprint density at radius 2 is 1.32 bits per heavy atom. The summed E-state index contributed by atoms with van der Waals surface area (Å²) in [5.41, 5.74) is 3.50. The van der Waals surface area contributed by atoms with Crippen LogP contribution in [0, 0.1) is 0 Å². The first-order valence-corrected chi connectivity index (χ1v) is 10.7. The Balaban J connectivity index is 1.67. The number of benzene rings is 4. The van der Waals surface area contributed by atoms with Gasteiger partial charge in [-0.25, -0.2) is 0 Å². The van der Waals surface area contributed by atoms with Gasteiger partial charge in [0, 0.05) is 20.1 Å². The van der Waals surface area contributed by atoms with Crippen molar-refractivity contribution < 1.29 is 4.74 Å². The molecule has 0 saturated carbocycles. The Labute approximate surface area is 180 Å². The van der Waals surface area contributed by atoms with Crippen LogP contribution in [0.3, 0.4) is 0 Å². The van der Waals surface area contributed by atoms with E-state index in [0.29, 0.717) is 0 Å². The molecule has 4 aromatic carbocycles. The third-order valence-electron chi connectivity index (χ3n) is 5.16. The lowest BCUT2D eigenvalue weighted by Crippen LogP contribution is -2.35. The molecule has 0 saturated heterocycles. The standard InChI is InChI=1S/C24H17Br2NO/c25-18-10-5-16(6-11-18)23-22-20-4-2-1-3-15(20)9-14-21(22)28-24(27-23)17-7-12-19(26)13-8-17/h1-14,23-24,27H/t23-,24-/m1/s1. The summed E-state index contributed by atoms with van der Waals surface area (Å²) in [7, 11) is 0. The third kappa shape index (κ3) is 3.26. The van der Waals surface area contributed by atoms with E-state index in [2.05, 4.69) is 110 Å². The second-order valence-electron chi connectivity index (χ2n) is 6.90. The maximum absolute atomic E-state index is 6.41. The van der Waals surface area contributed by atoms with Gasteiger partial charge in [0.05, 0.1) is 6.04 Å². The van der Waals surface area contributed by atoms with Crippen LogP contribution < -0.4 is 10.1 Å². The van der Waals surface area contributed by atoms with E-state index in [0.717, 1.165) is 20.3 Å². The van der Waals surface area contributed by atoms with Crippen molar-refractivity contribution in [3.8, 4) is 5.75 Å². The van der Waals surface area contributed by atoms with Crippen molar-refractivity contribution in [2.45, 2.75) is 12.3 Å². The largest absolute Gasteiger partial charge is 0.471 e. The van der Waals surface area contributed by atoms with E-state index in [1.54, 1.807) is 0 Å². The van der Waals surface area contributed by atoms with Crippen molar-refractivity contribution in [3.63, 3.8) is 0 Å². The predicted molar refractivity (Wildman–Crippen MR) is 121 cm³/mol. The molecule has 2 atom stereocenters. The van der Waals surface area contributed by atoms with Crippen molar-refractivity contribution in [2.24, 2.45) is 0 Å². The summed E-state index contributed by atoms with van der Waals surface area (Å²) in [5.74, 6) is 0.929. The van der Waals surface area contributed by atoms with Gasteiger partial charge in [0.15, 0.2) is 6.23 Å². The molecule has 0 fully saturated rings. The van der Waals surface area contributed by atoms with Gasteiger partial charge in [-0.2, -0.15) is 0 Å². The van der Waals surface area contributed by atoms with Gasteiger partial charge in [0.25, 0.3) is 0 Å². The topological polar surface area (TPSA) is 21.3 Å². The zero-order valence-corrected chi connectivity index (χ0v) is 18.1. The predicted octanol–water partition coefficient (Wildman–Crippen LogP) is 7.14. The van der Waals surface area contributed by atoms with Gasteiger partial charge in [-0.05, 0) is 46.7 Å². The van der Waals surface area contributed by atoms with Gasteiger partial charge in [0.1, 0.15) is 5.75 Å². The van der Waals surface area contributed by atoms with Crippen LogP contribution in [0.2, 0.25) is 0 Å². The molecule has 5 rings (SSSR count). The quantitative estimate of drug-likeness (QED) is 0.320. The highest BCUT2D eigenvalue weighted by atomic mass is 79.9. The number of hydrogen-bond acceptors (Lipinski definition) is 2. The molecule has 0 amide bonds. The van der Waals surface area contributed by atoms with Gasteiger partial charge in [-0.3, -0.25) is 5.32 Å². The van der Waals surface area contributed by atoms with Crippen molar-refractivity contribution in [1.82, 2.24) is 5.32 Å². The maximum Gasteiger partial charge on any atom is 0.177 e. The minimum Gasteiger partial charge on any atom is -0.471 e. The SMILES string of the molecule is Brc1ccc([C@H]2N[C@@H](c3ccc(Br)cc3)Oc3ccc4ccccc4c32)cc1. The number of rotatable bonds is 2. The second-order valence-corrected chi connectivity index (χ2v) is 8.73. The zero-order chi connectivity index (χ0) is 19.1. The van der Waals surface area contributed by atoms with Gasteiger partial charge in [-0.15, -0.1) is 0 Å². The van der Waals surface area contributed by atoms with Crippen LogP contribution in [0.15, 0.2) is 93.9 Å². The molecular formula is C24H17Br2NO. The number of halogens is 2. The lowest BCUT2D eigenvalue weighted by molar-refractivity contribution is 0.134. The van der Waals surface area contributed by atoms with Crippen LogP contribution in [0.4, 0.5) is 0 Å². The first kappa shape index (κ1) is 17.9. The van der Waals surface area contributed by atoms with Crippen LogP contribution in [0.5, 0.6) is 5.75 Å². The highest BCUT2D eigenvalue weighted by molar-refractivity contribution is 9.10. The monoisotopic (exact) mass is 493 g/mol. The van der Waals surface area contributed by atoms with Crippen LogP contribution in [0.25, 0.3) is 10.8 Å². The molecular weight excluding hydrogens is 478 g/mol.